The van der Waals surface area contributed by atoms with Crippen molar-refractivity contribution in [3.8, 4) is 12.3 Å². The minimum Gasteiger partial charge on any atom is -0.399 e. The van der Waals surface area contributed by atoms with Crippen LogP contribution in [0, 0.1) is 12.3 Å². The Balaban J connectivity index is 2.85. The monoisotopic (exact) mass is 217 g/mol. The molecule has 1 rings (SSSR count). The molecule has 0 aliphatic rings. The van der Waals surface area contributed by atoms with Gasteiger partial charge in [-0.3, -0.25) is 4.79 Å². The van der Waals surface area contributed by atoms with E-state index in [4.69, 9.17) is 17.9 Å². The van der Waals surface area contributed by atoms with Gasteiger partial charge in [0.05, 0.1) is 11.6 Å². The summed E-state index contributed by atoms with van der Waals surface area (Å²) in [4.78, 5) is 11.8. The summed E-state index contributed by atoms with van der Waals surface area (Å²) in [6.07, 6.45) is 5.93. The lowest BCUT2D eigenvalue weighted by molar-refractivity contribution is 0.0946. The maximum atomic E-state index is 11.8. The van der Waals surface area contributed by atoms with Crippen LogP contribution in [0.25, 0.3) is 0 Å². The third-order valence-electron chi connectivity index (χ3n) is 2.24. The van der Waals surface area contributed by atoms with E-state index in [1.54, 1.807) is 18.2 Å². The summed E-state index contributed by atoms with van der Waals surface area (Å²) >= 11 is 0. The molecule has 1 aromatic carbocycles. The number of carbonyl (C=O) groups is 1. The van der Waals surface area contributed by atoms with E-state index < -0.39 is 0 Å². The zero-order valence-corrected chi connectivity index (χ0v) is 9.16. The number of amides is 1. The first-order valence-corrected chi connectivity index (χ1v) is 5.00. The normalized spacial score (nSPS) is 11.5. The molecule has 0 bridgehead atoms. The number of benzene rings is 1. The van der Waals surface area contributed by atoms with Gasteiger partial charge in [-0.05, 0) is 24.6 Å². The van der Waals surface area contributed by atoms with Crippen LogP contribution in [0.2, 0.25) is 0 Å². The van der Waals surface area contributed by atoms with Gasteiger partial charge in [-0.15, -0.1) is 6.42 Å². The predicted octanol–water partition coefficient (Wildman–Crippen LogP) is 0.993. The van der Waals surface area contributed by atoms with Gasteiger partial charge in [0.25, 0.3) is 5.91 Å². The molecule has 0 saturated carbocycles. The third-order valence-corrected chi connectivity index (χ3v) is 2.24. The van der Waals surface area contributed by atoms with Gasteiger partial charge in [0.2, 0.25) is 0 Å². The Morgan fingerprint density at radius 1 is 1.56 bits per heavy atom. The van der Waals surface area contributed by atoms with Crippen LogP contribution in [0.4, 0.5) is 11.4 Å². The number of terminal acetylenes is 1. The van der Waals surface area contributed by atoms with Crippen LogP contribution < -0.4 is 16.8 Å². The number of hydrogen-bond donors (Lipinski definition) is 3. The molecule has 4 nitrogen and oxygen atoms in total. The highest BCUT2D eigenvalue weighted by molar-refractivity contribution is 6.00. The highest BCUT2D eigenvalue weighted by Crippen LogP contribution is 2.15. The van der Waals surface area contributed by atoms with Gasteiger partial charge < -0.3 is 16.8 Å². The fraction of sp³-hybridized carbons (Fsp3) is 0.250. The van der Waals surface area contributed by atoms with Gasteiger partial charge in [0.15, 0.2) is 0 Å². The highest BCUT2D eigenvalue weighted by atomic mass is 16.1. The Hall–Kier alpha value is -2.15. The third kappa shape index (κ3) is 2.67. The SMILES string of the molecule is C#CC(CC)NC(=O)c1ccc(N)cc1N. The number of anilines is 2. The van der Waals surface area contributed by atoms with Crippen LogP contribution in [0.3, 0.4) is 0 Å². The molecule has 16 heavy (non-hydrogen) atoms. The molecule has 0 aromatic heterocycles. The number of nitrogen functional groups attached to an aromatic ring is 2. The Bertz CT molecular complexity index is 434. The zero-order chi connectivity index (χ0) is 12.1. The number of nitrogens with one attached hydrogen (secondary N) is 1. The molecule has 0 fully saturated rings. The van der Waals surface area contributed by atoms with Crippen molar-refractivity contribution in [1.29, 1.82) is 0 Å². The fourth-order valence-corrected chi connectivity index (χ4v) is 1.29. The van der Waals surface area contributed by atoms with Gasteiger partial charge in [-0.2, -0.15) is 0 Å². The average Bonchev–Trinajstić information content (AvgIpc) is 2.25. The van der Waals surface area contributed by atoms with Crippen LogP contribution in [-0.4, -0.2) is 11.9 Å². The molecule has 0 aliphatic heterocycles. The highest BCUT2D eigenvalue weighted by Gasteiger charge is 2.12. The second kappa shape index (κ2) is 5.08. The lowest BCUT2D eigenvalue weighted by Gasteiger charge is -2.12. The second-order valence-electron chi connectivity index (χ2n) is 3.45. The van der Waals surface area contributed by atoms with Crippen molar-refractivity contribution in [1.82, 2.24) is 5.32 Å². The lowest BCUT2D eigenvalue weighted by atomic mass is 10.1. The first-order chi connectivity index (χ1) is 7.58. The molecule has 0 radical (unpaired) electrons. The molecule has 1 unspecified atom stereocenters. The van der Waals surface area contributed by atoms with Crippen LogP contribution in [0.1, 0.15) is 23.7 Å². The average molecular weight is 217 g/mol. The van der Waals surface area contributed by atoms with Crippen molar-refractivity contribution in [2.75, 3.05) is 11.5 Å². The summed E-state index contributed by atoms with van der Waals surface area (Å²) in [5, 5.41) is 2.70. The number of carbonyl (C=O) groups excluding carboxylic acids is 1. The molecular formula is C12H15N3O. The van der Waals surface area contributed by atoms with Gasteiger partial charge in [0.1, 0.15) is 0 Å². The quantitative estimate of drug-likeness (QED) is 0.521. The molecule has 5 N–H and O–H groups in total. The molecule has 4 heteroatoms. The Morgan fingerprint density at radius 2 is 2.25 bits per heavy atom. The Morgan fingerprint density at radius 3 is 2.75 bits per heavy atom. The van der Waals surface area contributed by atoms with E-state index in [0.29, 0.717) is 23.4 Å². The van der Waals surface area contributed by atoms with Crippen molar-refractivity contribution in [2.45, 2.75) is 19.4 Å². The van der Waals surface area contributed by atoms with E-state index in [0.717, 1.165) is 0 Å². The van der Waals surface area contributed by atoms with Crippen molar-refractivity contribution < 1.29 is 4.79 Å². The molecule has 0 spiro atoms. The molecule has 0 aliphatic carbocycles. The Kier molecular flexibility index (Phi) is 3.78. The fourth-order valence-electron chi connectivity index (χ4n) is 1.29. The largest absolute Gasteiger partial charge is 0.399 e. The van der Waals surface area contributed by atoms with Crippen LogP contribution in [0.15, 0.2) is 18.2 Å². The van der Waals surface area contributed by atoms with Crippen molar-refractivity contribution in [2.24, 2.45) is 0 Å². The van der Waals surface area contributed by atoms with E-state index in [1.807, 2.05) is 6.92 Å². The van der Waals surface area contributed by atoms with Gasteiger partial charge in [0, 0.05) is 11.4 Å². The summed E-state index contributed by atoms with van der Waals surface area (Å²) in [5.41, 5.74) is 12.5. The summed E-state index contributed by atoms with van der Waals surface area (Å²) in [5.74, 6) is 2.21. The minimum atomic E-state index is -0.276. The lowest BCUT2D eigenvalue weighted by Crippen LogP contribution is -2.33. The van der Waals surface area contributed by atoms with Crippen molar-refractivity contribution in [3.63, 3.8) is 0 Å². The van der Waals surface area contributed by atoms with E-state index in [2.05, 4.69) is 11.2 Å². The molecular weight excluding hydrogens is 202 g/mol. The maximum absolute atomic E-state index is 11.8. The van der Waals surface area contributed by atoms with E-state index in [1.165, 1.54) is 0 Å². The van der Waals surface area contributed by atoms with Gasteiger partial charge in [-0.25, -0.2) is 0 Å². The van der Waals surface area contributed by atoms with Crippen molar-refractivity contribution >= 4 is 17.3 Å². The molecule has 0 heterocycles. The van der Waals surface area contributed by atoms with E-state index in [9.17, 15) is 4.79 Å². The number of hydrogen-bond acceptors (Lipinski definition) is 3. The first-order valence-electron chi connectivity index (χ1n) is 5.00. The predicted molar refractivity (Wildman–Crippen MR) is 65.6 cm³/mol. The zero-order valence-electron chi connectivity index (χ0n) is 9.16. The molecule has 1 atom stereocenters. The number of nitrogens with two attached hydrogens (primary N) is 2. The van der Waals surface area contributed by atoms with Gasteiger partial charge in [-0.1, -0.05) is 12.8 Å². The maximum Gasteiger partial charge on any atom is 0.254 e. The van der Waals surface area contributed by atoms with Crippen LogP contribution >= 0.6 is 0 Å². The molecule has 1 amide bonds. The standard InChI is InChI=1S/C12H15N3O/c1-3-9(4-2)15-12(16)10-6-5-8(13)7-11(10)14/h1,5-7,9H,4,13-14H2,2H3,(H,15,16). The Labute approximate surface area is 95.0 Å². The topological polar surface area (TPSA) is 81.1 Å². The molecule has 1 aromatic rings. The summed E-state index contributed by atoms with van der Waals surface area (Å²) < 4.78 is 0. The summed E-state index contributed by atoms with van der Waals surface area (Å²) in [6, 6.07) is 4.49. The van der Waals surface area contributed by atoms with E-state index in [-0.39, 0.29) is 11.9 Å². The smallest absolute Gasteiger partial charge is 0.254 e. The van der Waals surface area contributed by atoms with Gasteiger partial charge >= 0.3 is 0 Å². The molecule has 84 valence electrons. The minimum absolute atomic E-state index is 0.274. The van der Waals surface area contributed by atoms with E-state index >= 15 is 0 Å². The van der Waals surface area contributed by atoms with Crippen LogP contribution in [-0.2, 0) is 0 Å². The summed E-state index contributed by atoms with van der Waals surface area (Å²) in [7, 11) is 0. The second-order valence-corrected chi connectivity index (χ2v) is 3.45. The molecule has 0 saturated heterocycles. The number of rotatable bonds is 3. The van der Waals surface area contributed by atoms with Crippen LogP contribution in [0.5, 0.6) is 0 Å². The summed E-state index contributed by atoms with van der Waals surface area (Å²) in [6.45, 7) is 1.90. The first kappa shape index (κ1) is 11.9. The van der Waals surface area contributed by atoms with Crippen molar-refractivity contribution in [3.05, 3.63) is 23.8 Å².